The van der Waals surface area contributed by atoms with Crippen LogP contribution in [0.1, 0.15) is 44.5 Å². The van der Waals surface area contributed by atoms with Crippen molar-refractivity contribution >= 4 is 0 Å². The number of hydrogen-bond donors (Lipinski definition) is 1. The molecule has 0 saturated heterocycles. The molecule has 14 heavy (non-hydrogen) atoms. The molecule has 1 aromatic heterocycles. The Hall–Kier alpha value is -0.890. The van der Waals surface area contributed by atoms with E-state index in [4.69, 9.17) is 5.73 Å². The maximum absolute atomic E-state index is 6.12. The molecule has 0 aliphatic heterocycles. The average Bonchev–Trinajstić information content (AvgIpc) is 2.01. The first-order chi connectivity index (χ1) is 6.38. The summed E-state index contributed by atoms with van der Waals surface area (Å²) in [5, 5.41) is 0. The van der Waals surface area contributed by atoms with Crippen molar-refractivity contribution in [3.8, 4) is 0 Å². The molecule has 2 nitrogen and oxygen atoms in total. The summed E-state index contributed by atoms with van der Waals surface area (Å²) < 4.78 is 0. The van der Waals surface area contributed by atoms with Crippen molar-refractivity contribution in [3.05, 3.63) is 29.6 Å². The minimum Gasteiger partial charge on any atom is -0.324 e. The van der Waals surface area contributed by atoms with Crippen LogP contribution in [0.2, 0.25) is 0 Å². The Morgan fingerprint density at radius 1 is 1.43 bits per heavy atom. The van der Waals surface area contributed by atoms with Crippen LogP contribution in [0.4, 0.5) is 0 Å². The molecular weight excluding hydrogens is 172 g/mol. The Bertz CT molecular complexity index is 299. The lowest BCUT2D eigenvalue weighted by Gasteiger charge is -2.23. The molecule has 1 aromatic rings. The molecule has 78 valence electrons. The zero-order chi connectivity index (χ0) is 10.8. The summed E-state index contributed by atoms with van der Waals surface area (Å²) in [5.41, 5.74) is 8.62. The molecule has 0 amide bonds. The highest BCUT2D eigenvalue weighted by Crippen LogP contribution is 2.27. The number of hydrogen-bond acceptors (Lipinski definition) is 2. The Kier molecular flexibility index (Phi) is 3.27. The zero-order valence-electron chi connectivity index (χ0n) is 9.54. The Labute approximate surface area is 86.5 Å². The molecular formula is C12H20N2. The van der Waals surface area contributed by atoms with Crippen LogP contribution in [-0.4, -0.2) is 4.98 Å². The molecule has 0 radical (unpaired) electrons. The van der Waals surface area contributed by atoms with Crippen molar-refractivity contribution in [3.63, 3.8) is 0 Å². The van der Waals surface area contributed by atoms with E-state index in [0.29, 0.717) is 0 Å². The molecule has 0 saturated carbocycles. The van der Waals surface area contributed by atoms with E-state index < -0.39 is 0 Å². The second-order valence-electron chi connectivity index (χ2n) is 5.10. The summed E-state index contributed by atoms with van der Waals surface area (Å²) in [4.78, 5) is 4.16. The van der Waals surface area contributed by atoms with Crippen molar-refractivity contribution in [1.29, 1.82) is 0 Å². The van der Waals surface area contributed by atoms with E-state index in [-0.39, 0.29) is 11.5 Å². The van der Waals surface area contributed by atoms with Crippen LogP contribution in [0.15, 0.2) is 18.3 Å². The molecule has 0 aliphatic carbocycles. The predicted octanol–water partition coefficient (Wildman–Crippen LogP) is 2.83. The van der Waals surface area contributed by atoms with E-state index in [9.17, 15) is 0 Å². The number of nitrogens with two attached hydrogens (primary N) is 1. The van der Waals surface area contributed by atoms with Crippen molar-refractivity contribution in [2.24, 2.45) is 11.1 Å². The second kappa shape index (κ2) is 4.09. The first-order valence-corrected chi connectivity index (χ1v) is 5.06. The van der Waals surface area contributed by atoms with E-state index in [1.807, 2.05) is 19.2 Å². The van der Waals surface area contributed by atoms with E-state index in [1.165, 1.54) is 5.56 Å². The van der Waals surface area contributed by atoms with Crippen molar-refractivity contribution in [2.75, 3.05) is 0 Å². The highest BCUT2D eigenvalue weighted by molar-refractivity contribution is 5.19. The summed E-state index contributed by atoms with van der Waals surface area (Å²) in [6.07, 6.45) is 2.82. The first kappa shape index (κ1) is 11.2. The SMILES string of the molecule is Cc1cc([C@H](N)CC(C)(C)C)ccn1. The van der Waals surface area contributed by atoms with Crippen LogP contribution >= 0.6 is 0 Å². The summed E-state index contributed by atoms with van der Waals surface area (Å²) in [5.74, 6) is 0. The fourth-order valence-electron chi connectivity index (χ4n) is 1.58. The first-order valence-electron chi connectivity index (χ1n) is 5.06. The monoisotopic (exact) mass is 192 g/mol. The smallest absolute Gasteiger partial charge is 0.0375 e. The van der Waals surface area contributed by atoms with Crippen molar-refractivity contribution in [2.45, 2.75) is 40.2 Å². The standard InChI is InChI=1S/C12H20N2/c1-9-7-10(5-6-14-9)11(13)8-12(2,3)4/h5-7,11H,8,13H2,1-4H3/t11-/m1/s1. The van der Waals surface area contributed by atoms with Crippen LogP contribution in [0, 0.1) is 12.3 Å². The van der Waals surface area contributed by atoms with Gasteiger partial charge in [0.2, 0.25) is 0 Å². The van der Waals surface area contributed by atoms with Crippen LogP contribution < -0.4 is 5.73 Å². The molecule has 0 aliphatic rings. The fraction of sp³-hybridized carbons (Fsp3) is 0.583. The molecule has 1 atom stereocenters. The topological polar surface area (TPSA) is 38.9 Å². The predicted molar refractivity (Wildman–Crippen MR) is 60.0 cm³/mol. The Balaban J connectivity index is 2.74. The maximum Gasteiger partial charge on any atom is 0.0375 e. The molecule has 0 fully saturated rings. The van der Waals surface area contributed by atoms with Gasteiger partial charge in [0, 0.05) is 17.9 Å². The summed E-state index contributed by atoms with van der Waals surface area (Å²) in [6, 6.07) is 4.19. The van der Waals surface area contributed by atoms with Gasteiger partial charge in [-0.15, -0.1) is 0 Å². The summed E-state index contributed by atoms with van der Waals surface area (Å²) in [6.45, 7) is 8.62. The van der Waals surface area contributed by atoms with Gasteiger partial charge in [-0.25, -0.2) is 0 Å². The minimum absolute atomic E-state index is 0.122. The molecule has 0 spiro atoms. The Morgan fingerprint density at radius 2 is 2.07 bits per heavy atom. The lowest BCUT2D eigenvalue weighted by molar-refractivity contribution is 0.342. The van der Waals surface area contributed by atoms with Crippen LogP contribution in [0.3, 0.4) is 0 Å². The van der Waals surface area contributed by atoms with Gasteiger partial charge in [-0.1, -0.05) is 20.8 Å². The third kappa shape index (κ3) is 3.46. The average molecular weight is 192 g/mol. The number of pyridine rings is 1. The highest BCUT2D eigenvalue weighted by atomic mass is 14.7. The van der Waals surface area contributed by atoms with Gasteiger partial charge in [0.1, 0.15) is 0 Å². The van der Waals surface area contributed by atoms with E-state index in [1.54, 1.807) is 0 Å². The van der Waals surface area contributed by atoms with Gasteiger partial charge in [0.05, 0.1) is 0 Å². The van der Waals surface area contributed by atoms with Gasteiger partial charge >= 0.3 is 0 Å². The minimum atomic E-state index is 0.122. The zero-order valence-corrected chi connectivity index (χ0v) is 9.54. The fourth-order valence-corrected chi connectivity index (χ4v) is 1.58. The highest BCUT2D eigenvalue weighted by Gasteiger charge is 2.16. The van der Waals surface area contributed by atoms with Gasteiger partial charge in [-0.05, 0) is 36.5 Å². The molecule has 2 N–H and O–H groups in total. The molecule has 0 unspecified atom stereocenters. The van der Waals surface area contributed by atoms with Crippen LogP contribution in [-0.2, 0) is 0 Å². The maximum atomic E-state index is 6.12. The van der Waals surface area contributed by atoms with E-state index in [2.05, 4.69) is 31.8 Å². The number of rotatable bonds is 2. The molecule has 0 aromatic carbocycles. The van der Waals surface area contributed by atoms with E-state index >= 15 is 0 Å². The van der Waals surface area contributed by atoms with Gasteiger partial charge in [-0.2, -0.15) is 0 Å². The third-order valence-electron chi connectivity index (χ3n) is 2.18. The van der Waals surface area contributed by atoms with Crippen LogP contribution in [0.25, 0.3) is 0 Å². The lowest BCUT2D eigenvalue weighted by Crippen LogP contribution is -2.18. The van der Waals surface area contributed by atoms with Crippen molar-refractivity contribution < 1.29 is 0 Å². The van der Waals surface area contributed by atoms with Gasteiger partial charge in [0.15, 0.2) is 0 Å². The second-order valence-corrected chi connectivity index (χ2v) is 5.10. The van der Waals surface area contributed by atoms with Gasteiger partial charge in [-0.3, -0.25) is 4.98 Å². The quantitative estimate of drug-likeness (QED) is 0.782. The van der Waals surface area contributed by atoms with Gasteiger partial charge in [0.25, 0.3) is 0 Å². The number of nitrogens with zero attached hydrogens (tertiary/aromatic N) is 1. The number of aryl methyl sites for hydroxylation is 1. The van der Waals surface area contributed by atoms with Crippen LogP contribution in [0.5, 0.6) is 0 Å². The summed E-state index contributed by atoms with van der Waals surface area (Å²) in [7, 11) is 0. The lowest BCUT2D eigenvalue weighted by atomic mass is 9.86. The molecule has 1 heterocycles. The number of aromatic nitrogens is 1. The van der Waals surface area contributed by atoms with Crippen molar-refractivity contribution in [1.82, 2.24) is 4.98 Å². The Morgan fingerprint density at radius 3 is 2.57 bits per heavy atom. The largest absolute Gasteiger partial charge is 0.324 e. The summed E-state index contributed by atoms with van der Waals surface area (Å²) >= 11 is 0. The molecule has 0 bridgehead atoms. The third-order valence-corrected chi connectivity index (χ3v) is 2.18. The molecule has 1 rings (SSSR count). The molecule has 2 heteroatoms. The van der Waals surface area contributed by atoms with E-state index in [0.717, 1.165) is 12.1 Å². The van der Waals surface area contributed by atoms with Gasteiger partial charge < -0.3 is 5.73 Å². The normalized spacial score (nSPS) is 14.1.